The maximum absolute atomic E-state index is 13.7. The molecule has 3 fully saturated rings. The normalized spacial score (nSPS) is 21.4. The number of aryl methyl sites for hydroxylation is 2. The molecule has 2 atom stereocenters. The van der Waals surface area contributed by atoms with E-state index in [1.807, 2.05) is 35.2 Å². The summed E-state index contributed by atoms with van der Waals surface area (Å²) < 4.78 is 6.31. The van der Waals surface area contributed by atoms with Crippen LogP contribution in [0.3, 0.4) is 0 Å². The summed E-state index contributed by atoms with van der Waals surface area (Å²) in [6, 6.07) is 22.4. The Morgan fingerprint density at radius 3 is 2.47 bits per heavy atom. The van der Waals surface area contributed by atoms with Gasteiger partial charge in [0.25, 0.3) is 11.8 Å². The molecule has 2 amide bonds. The zero-order chi connectivity index (χ0) is 31.3. The number of piperazine rings is 1. The molecule has 3 aromatic rings. The minimum Gasteiger partial charge on any atom is -0.482 e. The van der Waals surface area contributed by atoms with Crippen LogP contribution in [-0.4, -0.2) is 73.0 Å². The highest BCUT2D eigenvalue weighted by Crippen LogP contribution is 2.34. The predicted molar refractivity (Wildman–Crippen MR) is 180 cm³/mol. The van der Waals surface area contributed by atoms with E-state index in [9.17, 15) is 9.59 Å². The Morgan fingerprint density at radius 1 is 0.933 bits per heavy atom. The second-order valence-corrected chi connectivity index (χ2v) is 12.9. The minimum absolute atomic E-state index is 0.0205. The van der Waals surface area contributed by atoms with Gasteiger partial charge in [0.2, 0.25) is 0 Å². The summed E-state index contributed by atoms with van der Waals surface area (Å²) in [6.07, 6.45) is 6.02. The fraction of sp³-hybridized carbons (Fsp3) is 0.421. The predicted octanol–water partition coefficient (Wildman–Crippen LogP) is 5.87. The summed E-state index contributed by atoms with van der Waals surface area (Å²) in [4.78, 5) is 33.5. The first-order valence-electron chi connectivity index (χ1n) is 16.5. The van der Waals surface area contributed by atoms with Gasteiger partial charge in [0.1, 0.15) is 6.10 Å². The molecule has 0 aromatic heterocycles. The Morgan fingerprint density at radius 2 is 1.69 bits per heavy atom. The average Bonchev–Trinajstić information content (AvgIpc) is 3.05. The van der Waals surface area contributed by atoms with Crippen LogP contribution in [0.15, 0.2) is 72.5 Å². The third-order valence-electron chi connectivity index (χ3n) is 9.73. The van der Waals surface area contributed by atoms with Crippen LogP contribution in [0.4, 0.5) is 5.69 Å². The Labute approximate surface area is 267 Å². The number of ether oxygens (including phenoxy) is 1. The van der Waals surface area contributed by atoms with Gasteiger partial charge < -0.3 is 19.9 Å². The molecule has 2 saturated heterocycles. The number of nitrogens with zero attached hydrogens (tertiary/aromatic N) is 3. The second kappa shape index (κ2) is 13.9. The minimum atomic E-state index is -0.0809. The molecular formula is C38H46N4O3. The van der Waals surface area contributed by atoms with Crippen LogP contribution in [0, 0.1) is 20.8 Å². The number of rotatable bonds is 8. The topological polar surface area (TPSA) is 65.1 Å². The van der Waals surface area contributed by atoms with E-state index < -0.39 is 0 Å². The molecule has 0 radical (unpaired) electrons. The van der Waals surface area contributed by atoms with Crippen LogP contribution in [0.25, 0.3) is 6.08 Å². The SMILES string of the molecule is Cc1cccc(CN2C(=O)/C(=C\c3ccc(C(=O)NCCN4CCN(c5cccc(C)c5C)CC4)cc3)OC3CCCCC32)c1. The average molecular weight is 607 g/mol. The van der Waals surface area contributed by atoms with Crippen LogP contribution >= 0.6 is 0 Å². The van der Waals surface area contributed by atoms with Gasteiger partial charge in [-0.1, -0.05) is 60.5 Å². The number of benzene rings is 3. The smallest absolute Gasteiger partial charge is 0.289 e. The van der Waals surface area contributed by atoms with Crippen molar-refractivity contribution in [3.8, 4) is 0 Å². The van der Waals surface area contributed by atoms with Crippen molar-refractivity contribution >= 4 is 23.6 Å². The van der Waals surface area contributed by atoms with Crippen molar-refractivity contribution in [3.05, 3.63) is 106 Å². The fourth-order valence-electron chi connectivity index (χ4n) is 6.97. The quantitative estimate of drug-likeness (QED) is 0.325. The lowest BCUT2D eigenvalue weighted by Gasteiger charge is -2.44. The molecule has 6 rings (SSSR count). The first-order valence-corrected chi connectivity index (χ1v) is 16.5. The first kappa shape index (κ1) is 30.9. The van der Waals surface area contributed by atoms with Crippen LogP contribution < -0.4 is 10.2 Å². The largest absolute Gasteiger partial charge is 0.482 e. The summed E-state index contributed by atoms with van der Waals surface area (Å²) in [5.41, 5.74) is 7.82. The molecule has 7 nitrogen and oxygen atoms in total. The molecule has 2 unspecified atom stereocenters. The molecule has 1 N–H and O–H groups in total. The lowest BCUT2D eigenvalue weighted by atomic mass is 9.89. The molecular weight excluding hydrogens is 560 g/mol. The van der Waals surface area contributed by atoms with Crippen molar-refractivity contribution in [1.82, 2.24) is 15.1 Å². The Hall–Kier alpha value is -4.10. The molecule has 45 heavy (non-hydrogen) atoms. The molecule has 1 saturated carbocycles. The number of nitrogens with one attached hydrogen (secondary N) is 1. The van der Waals surface area contributed by atoms with E-state index in [1.54, 1.807) is 0 Å². The van der Waals surface area contributed by atoms with Crippen molar-refractivity contribution in [2.75, 3.05) is 44.2 Å². The second-order valence-electron chi connectivity index (χ2n) is 12.9. The number of carbonyl (C=O) groups is 2. The maximum Gasteiger partial charge on any atom is 0.289 e. The van der Waals surface area contributed by atoms with Gasteiger partial charge in [0.15, 0.2) is 5.76 Å². The van der Waals surface area contributed by atoms with Crippen molar-refractivity contribution in [2.24, 2.45) is 0 Å². The van der Waals surface area contributed by atoms with Crippen molar-refractivity contribution < 1.29 is 14.3 Å². The van der Waals surface area contributed by atoms with E-state index in [2.05, 4.69) is 78.4 Å². The highest BCUT2D eigenvalue weighted by molar-refractivity contribution is 5.97. The number of anilines is 1. The van der Waals surface area contributed by atoms with E-state index in [1.165, 1.54) is 22.4 Å². The lowest BCUT2D eigenvalue weighted by molar-refractivity contribution is -0.149. The number of morpholine rings is 1. The molecule has 2 aliphatic heterocycles. The number of fused-ring (bicyclic) bond motifs is 1. The molecule has 1 aliphatic carbocycles. The van der Waals surface area contributed by atoms with Crippen LogP contribution in [-0.2, 0) is 16.1 Å². The zero-order valence-electron chi connectivity index (χ0n) is 26.9. The van der Waals surface area contributed by atoms with E-state index >= 15 is 0 Å². The van der Waals surface area contributed by atoms with Crippen molar-refractivity contribution in [3.63, 3.8) is 0 Å². The van der Waals surface area contributed by atoms with Crippen molar-refractivity contribution in [2.45, 2.75) is 65.1 Å². The van der Waals surface area contributed by atoms with Gasteiger partial charge in [-0.2, -0.15) is 0 Å². The number of hydrogen-bond acceptors (Lipinski definition) is 5. The standard InChI is InChI=1S/C38H46N4O3/c1-27-8-6-10-31(24-27)26-42-34-11-4-5-13-35(34)45-36(38(42)44)25-30-14-16-32(17-15-30)37(43)39-18-19-40-20-22-41(23-21-40)33-12-7-9-28(2)29(33)3/h6-10,12,14-17,24-25,34-35H,4-5,11,13,18-23,26H2,1-3H3,(H,39,43)/b36-25+. The summed E-state index contributed by atoms with van der Waals surface area (Å²) in [6.45, 7) is 12.4. The number of hydrogen-bond donors (Lipinski definition) is 1. The van der Waals surface area contributed by atoms with Gasteiger partial charge in [0.05, 0.1) is 6.04 Å². The number of carbonyl (C=O) groups excluding carboxylic acids is 2. The van der Waals surface area contributed by atoms with E-state index in [0.29, 0.717) is 24.4 Å². The maximum atomic E-state index is 13.7. The zero-order valence-corrected chi connectivity index (χ0v) is 26.9. The Kier molecular flexibility index (Phi) is 9.55. The lowest BCUT2D eigenvalue weighted by Crippen LogP contribution is -2.54. The highest BCUT2D eigenvalue weighted by atomic mass is 16.5. The van der Waals surface area contributed by atoms with Gasteiger partial charge in [-0.05, 0) is 86.6 Å². The van der Waals surface area contributed by atoms with Crippen LogP contribution in [0.1, 0.15) is 63.9 Å². The summed E-state index contributed by atoms with van der Waals surface area (Å²) in [5, 5.41) is 3.08. The monoisotopic (exact) mass is 606 g/mol. The van der Waals surface area contributed by atoms with E-state index in [-0.39, 0.29) is 24.0 Å². The van der Waals surface area contributed by atoms with E-state index in [4.69, 9.17) is 4.74 Å². The van der Waals surface area contributed by atoms with Crippen molar-refractivity contribution in [1.29, 1.82) is 0 Å². The van der Waals surface area contributed by atoms with Crippen LogP contribution in [0.2, 0.25) is 0 Å². The molecule has 7 heteroatoms. The van der Waals surface area contributed by atoms with Gasteiger partial charge in [0, 0.05) is 57.1 Å². The molecule has 0 bridgehead atoms. The number of amides is 2. The van der Waals surface area contributed by atoms with Gasteiger partial charge in [-0.25, -0.2) is 0 Å². The van der Waals surface area contributed by atoms with Gasteiger partial charge >= 0.3 is 0 Å². The molecule has 0 spiro atoms. The molecule has 3 aliphatic rings. The molecule has 2 heterocycles. The Balaban J connectivity index is 1.02. The summed E-state index contributed by atoms with van der Waals surface area (Å²) >= 11 is 0. The molecule has 236 valence electrons. The van der Waals surface area contributed by atoms with Crippen LogP contribution in [0.5, 0.6) is 0 Å². The molecule has 3 aromatic carbocycles. The highest BCUT2D eigenvalue weighted by Gasteiger charge is 2.41. The first-order chi connectivity index (χ1) is 21.9. The fourth-order valence-corrected chi connectivity index (χ4v) is 6.97. The Bertz CT molecular complexity index is 1540. The van der Waals surface area contributed by atoms with Gasteiger partial charge in [-0.3, -0.25) is 14.5 Å². The summed E-state index contributed by atoms with van der Waals surface area (Å²) in [5.74, 6) is 0.250. The third-order valence-corrected chi connectivity index (χ3v) is 9.73. The third kappa shape index (κ3) is 7.25. The summed E-state index contributed by atoms with van der Waals surface area (Å²) in [7, 11) is 0. The van der Waals surface area contributed by atoms with E-state index in [0.717, 1.165) is 69.5 Å². The van der Waals surface area contributed by atoms with Gasteiger partial charge in [-0.15, -0.1) is 0 Å².